The molecule has 0 bridgehead atoms. The van der Waals surface area contributed by atoms with E-state index in [1.54, 1.807) is 14.1 Å². The molecule has 0 heterocycles. The SMILES string of the molecule is CN(C)C(C(=O)NCC(=O)O)c1c(F)cccc1Cl. The predicted molar refractivity (Wildman–Crippen MR) is 68.5 cm³/mol. The second-order valence-electron chi connectivity index (χ2n) is 4.11. The summed E-state index contributed by atoms with van der Waals surface area (Å²) in [5.41, 5.74) is 0.0251. The standard InChI is InChI=1S/C12H14ClFN2O3/c1-16(2)11(12(19)15-6-9(17)18)10-7(13)4-3-5-8(10)14/h3-5,11H,6H2,1-2H3,(H,15,19)(H,17,18). The van der Waals surface area contributed by atoms with Crippen LogP contribution in [0, 0.1) is 5.82 Å². The van der Waals surface area contributed by atoms with Crippen molar-refractivity contribution in [2.24, 2.45) is 0 Å². The quantitative estimate of drug-likeness (QED) is 0.856. The first-order chi connectivity index (χ1) is 8.84. The molecule has 1 aromatic carbocycles. The highest BCUT2D eigenvalue weighted by molar-refractivity contribution is 6.31. The second-order valence-corrected chi connectivity index (χ2v) is 4.52. The zero-order valence-electron chi connectivity index (χ0n) is 10.5. The summed E-state index contributed by atoms with van der Waals surface area (Å²) in [7, 11) is 3.15. The highest BCUT2D eigenvalue weighted by atomic mass is 35.5. The summed E-state index contributed by atoms with van der Waals surface area (Å²) in [6.07, 6.45) is 0. The minimum Gasteiger partial charge on any atom is -0.480 e. The fourth-order valence-corrected chi connectivity index (χ4v) is 1.92. The zero-order chi connectivity index (χ0) is 14.6. The van der Waals surface area contributed by atoms with E-state index in [1.165, 1.54) is 23.1 Å². The molecule has 0 spiro atoms. The molecular weight excluding hydrogens is 275 g/mol. The largest absolute Gasteiger partial charge is 0.480 e. The summed E-state index contributed by atoms with van der Waals surface area (Å²) in [4.78, 5) is 23.9. The van der Waals surface area contributed by atoms with E-state index >= 15 is 0 Å². The van der Waals surface area contributed by atoms with Crippen molar-refractivity contribution in [1.82, 2.24) is 10.2 Å². The molecule has 0 aliphatic heterocycles. The van der Waals surface area contributed by atoms with Gasteiger partial charge in [0.25, 0.3) is 0 Å². The van der Waals surface area contributed by atoms with Gasteiger partial charge in [0.2, 0.25) is 5.91 Å². The van der Waals surface area contributed by atoms with Crippen LogP contribution in [0.5, 0.6) is 0 Å². The lowest BCUT2D eigenvalue weighted by Crippen LogP contribution is -2.39. The monoisotopic (exact) mass is 288 g/mol. The number of aliphatic carboxylic acids is 1. The number of likely N-dealkylation sites (N-methyl/N-ethyl adjacent to an activating group) is 1. The number of nitrogens with one attached hydrogen (secondary N) is 1. The lowest BCUT2D eigenvalue weighted by Gasteiger charge is -2.24. The molecule has 2 N–H and O–H groups in total. The van der Waals surface area contributed by atoms with Gasteiger partial charge < -0.3 is 10.4 Å². The zero-order valence-corrected chi connectivity index (χ0v) is 11.2. The Kier molecular flexibility index (Phi) is 5.26. The number of amides is 1. The van der Waals surface area contributed by atoms with E-state index in [9.17, 15) is 14.0 Å². The maximum absolute atomic E-state index is 13.8. The summed E-state index contributed by atoms with van der Waals surface area (Å²) in [6.45, 7) is -0.532. The summed E-state index contributed by atoms with van der Waals surface area (Å²) in [5.74, 6) is -2.42. The predicted octanol–water partition coefficient (Wildman–Crippen LogP) is 1.28. The molecule has 1 unspecified atom stereocenters. The number of hydrogen-bond acceptors (Lipinski definition) is 3. The van der Waals surface area contributed by atoms with E-state index < -0.39 is 30.3 Å². The maximum atomic E-state index is 13.8. The van der Waals surface area contributed by atoms with E-state index in [0.717, 1.165) is 0 Å². The molecule has 104 valence electrons. The Morgan fingerprint density at radius 3 is 2.58 bits per heavy atom. The molecule has 5 nitrogen and oxygen atoms in total. The van der Waals surface area contributed by atoms with Crippen molar-refractivity contribution in [3.05, 3.63) is 34.6 Å². The third kappa shape index (κ3) is 3.90. The van der Waals surface area contributed by atoms with Gasteiger partial charge in [-0.2, -0.15) is 0 Å². The van der Waals surface area contributed by atoms with Gasteiger partial charge in [0.05, 0.1) is 0 Å². The van der Waals surface area contributed by atoms with E-state index in [2.05, 4.69) is 5.32 Å². The van der Waals surface area contributed by atoms with Gasteiger partial charge >= 0.3 is 5.97 Å². The van der Waals surface area contributed by atoms with Gasteiger partial charge in [-0.25, -0.2) is 4.39 Å². The molecule has 0 aliphatic rings. The molecule has 7 heteroatoms. The number of rotatable bonds is 5. The van der Waals surface area contributed by atoms with Crippen LogP contribution in [0.25, 0.3) is 0 Å². The van der Waals surface area contributed by atoms with Crippen LogP contribution in [0.15, 0.2) is 18.2 Å². The first kappa shape index (κ1) is 15.4. The second kappa shape index (κ2) is 6.49. The summed E-state index contributed by atoms with van der Waals surface area (Å²) in [5, 5.41) is 10.9. The number of nitrogens with zero attached hydrogens (tertiary/aromatic N) is 1. The minimum absolute atomic E-state index is 0.0251. The number of benzene rings is 1. The third-order valence-corrected chi connectivity index (χ3v) is 2.78. The van der Waals surface area contributed by atoms with Gasteiger partial charge in [0, 0.05) is 10.6 Å². The van der Waals surface area contributed by atoms with Crippen LogP contribution in [0.1, 0.15) is 11.6 Å². The highest BCUT2D eigenvalue weighted by Gasteiger charge is 2.28. The Balaban J connectivity index is 3.07. The third-order valence-electron chi connectivity index (χ3n) is 2.45. The van der Waals surface area contributed by atoms with Crippen LogP contribution >= 0.6 is 11.6 Å². The molecule has 0 saturated carbocycles. The summed E-state index contributed by atoms with van der Waals surface area (Å²) < 4.78 is 13.8. The molecule has 1 rings (SSSR count). The maximum Gasteiger partial charge on any atom is 0.322 e. The molecule has 1 atom stereocenters. The van der Waals surface area contributed by atoms with E-state index in [1.807, 2.05) is 0 Å². The fraction of sp³-hybridized carbons (Fsp3) is 0.333. The number of carbonyl (C=O) groups excluding carboxylic acids is 1. The van der Waals surface area contributed by atoms with Crippen molar-refractivity contribution >= 4 is 23.5 Å². The molecule has 0 fully saturated rings. The molecule has 0 aromatic heterocycles. The molecule has 1 aromatic rings. The minimum atomic E-state index is -1.18. The molecule has 1 amide bonds. The average molecular weight is 289 g/mol. The van der Waals surface area contributed by atoms with Gasteiger partial charge in [0.15, 0.2) is 0 Å². The Bertz CT molecular complexity index is 474. The van der Waals surface area contributed by atoms with Crippen LogP contribution in [-0.2, 0) is 9.59 Å². The average Bonchev–Trinajstić information content (AvgIpc) is 2.30. The van der Waals surface area contributed by atoms with Gasteiger partial charge in [-0.05, 0) is 26.2 Å². The first-order valence-electron chi connectivity index (χ1n) is 5.44. The lowest BCUT2D eigenvalue weighted by molar-refractivity contribution is -0.138. The van der Waals surface area contributed by atoms with Crippen molar-refractivity contribution in [2.45, 2.75) is 6.04 Å². The van der Waals surface area contributed by atoms with Crippen molar-refractivity contribution in [1.29, 1.82) is 0 Å². The highest BCUT2D eigenvalue weighted by Crippen LogP contribution is 2.28. The van der Waals surface area contributed by atoms with E-state index in [-0.39, 0.29) is 10.6 Å². The van der Waals surface area contributed by atoms with Gasteiger partial charge in [0.1, 0.15) is 18.4 Å². The summed E-state index contributed by atoms with van der Waals surface area (Å²) >= 11 is 5.91. The molecule has 19 heavy (non-hydrogen) atoms. The Hall–Kier alpha value is -1.66. The Morgan fingerprint density at radius 1 is 1.47 bits per heavy atom. The smallest absolute Gasteiger partial charge is 0.322 e. The van der Waals surface area contributed by atoms with Gasteiger partial charge in [-0.3, -0.25) is 14.5 Å². The van der Waals surface area contributed by atoms with E-state index in [0.29, 0.717) is 0 Å². The van der Waals surface area contributed by atoms with Crippen LogP contribution in [0.4, 0.5) is 4.39 Å². The first-order valence-corrected chi connectivity index (χ1v) is 5.82. The van der Waals surface area contributed by atoms with Crippen LogP contribution < -0.4 is 5.32 Å². The molecular formula is C12H14ClFN2O3. The number of halogens is 2. The fourth-order valence-electron chi connectivity index (χ4n) is 1.66. The van der Waals surface area contributed by atoms with Crippen molar-refractivity contribution in [2.75, 3.05) is 20.6 Å². The van der Waals surface area contributed by atoms with Crippen molar-refractivity contribution < 1.29 is 19.1 Å². The number of carboxylic acids is 1. The number of carboxylic acid groups (broad SMARTS) is 1. The Labute approximate surface area is 115 Å². The van der Waals surface area contributed by atoms with Crippen LogP contribution in [0.2, 0.25) is 5.02 Å². The lowest BCUT2D eigenvalue weighted by atomic mass is 10.0. The van der Waals surface area contributed by atoms with Gasteiger partial charge in [-0.1, -0.05) is 17.7 Å². The van der Waals surface area contributed by atoms with Crippen molar-refractivity contribution in [3.63, 3.8) is 0 Å². The number of carbonyl (C=O) groups is 2. The van der Waals surface area contributed by atoms with Crippen LogP contribution in [-0.4, -0.2) is 42.5 Å². The van der Waals surface area contributed by atoms with Crippen LogP contribution in [0.3, 0.4) is 0 Å². The molecule has 0 aliphatic carbocycles. The number of hydrogen-bond donors (Lipinski definition) is 2. The topological polar surface area (TPSA) is 69.6 Å². The Morgan fingerprint density at radius 2 is 2.11 bits per heavy atom. The summed E-state index contributed by atoms with van der Waals surface area (Å²) in [6, 6.07) is 3.11. The molecule has 0 saturated heterocycles. The molecule has 0 radical (unpaired) electrons. The van der Waals surface area contributed by atoms with E-state index in [4.69, 9.17) is 16.7 Å². The normalized spacial score (nSPS) is 12.3. The van der Waals surface area contributed by atoms with Crippen molar-refractivity contribution in [3.8, 4) is 0 Å². The van der Waals surface area contributed by atoms with Gasteiger partial charge in [-0.15, -0.1) is 0 Å².